The number of urea groups is 1. The average molecular weight is 404 g/mol. The molecule has 4 atom stereocenters. The van der Waals surface area contributed by atoms with Crippen LogP contribution in [0.2, 0.25) is 0 Å². The minimum atomic E-state index is -0.752. The van der Waals surface area contributed by atoms with Crippen LogP contribution in [0, 0.1) is 11.8 Å². The van der Waals surface area contributed by atoms with Gasteiger partial charge in [-0.2, -0.15) is 0 Å². The Hall–Kier alpha value is -2.38. The molecule has 2 unspecified atom stereocenters. The lowest BCUT2D eigenvalue weighted by Crippen LogP contribution is -2.44. The van der Waals surface area contributed by atoms with Gasteiger partial charge in [-0.1, -0.05) is 37.3 Å². The van der Waals surface area contributed by atoms with Crippen molar-refractivity contribution in [1.29, 1.82) is 0 Å². The molecule has 0 spiro atoms. The molecule has 2 amide bonds. The Morgan fingerprint density at radius 1 is 1.17 bits per heavy atom. The third-order valence-electron chi connectivity index (χ3n) is 5.33. The Kier molecular flexibility index (Phi) is 9.67. The molecule has 0 saturated carbocycles. The molecule has 1 fully saturated rings. The van der Waals surface area contributed by atoms with E-state index in [0.29, 0.717) is 18.9 Å². The van der Waals surface area contributed by atoms with E-state index in [1.54, 1.807) is 0 Å². The highest BCUT2D eigenvalue weighted by Gasteiger charge is 2.40. The minimum Gasteiger partial charge on any atom is -0.481 e. The van der Waals surface area contributed by atoms with Crippen molar-refractivity contribution < 1.29 is 19.4 Å². The fourth-order valence-electron chi connectivity index (χ4n) is 3.82. The SMILES string of the molecule is CC[C@H]1O[C@@H](C)C(CNNC(=O)Nc2ccccc2)C1C/C=C\CCCC(=O)O. The van der Waals surface area contributed by atoms with Crippen molar-refractivity contribution in [3.8, 4) is 0 Å². The number of benzene rings is 1. The number of carbonyl (C=O) groups is 2. The van der Waals surface area contributed by atoms with Crippen LogP contribution in [-0.2, 0) is 9.53 Å². The fourth-order valence-corrected chi connectivity index (χ4v) is 3.82. The molecule has 29 heavy (non-hydrogen) atoms. The Morgan fingerprint density at radius 2 is 1.93 bits per heavy atom. The van der Waals surface area contributed by atoms with Crippen molar-refractivity contribution in [2.45, 2.75) is 58.2 Å². The van der Waals surface area contributed by atoms with E-state index < -0.39 is 5.97 Å². The highest BCUT2D eigenvalue weighted by molar-refractivity contribution is 5.88. The van der Waals surface area contributed by atoms with Gasteiger partial charge in [-0.05, 0) is 50.7 Å². The van der Waals surface area contributed by atoms with Crippen LogP contribution in [0.4, 0.5) is 10.5 Å². The van der Waals surface area contributed by atoms with Crippen LogP contribution in [0.1, 0.15) is 46.0 Å². The van der Waals surface area contributed by atoms with Gasteiger partial charge < -0.3 is 15.2 Å². The lowest BCUT2D eigenvalue weighted by Gasteiger charge is -2.22. The summed E-state index contributed by atoms with van der Waals surface area (Å²) < 4.78 is 6.12. The van der Waals surface area contributed by atoms with E-state index in [0.717, 1.165) is 24.9 Å². The summed E-state index contributed by atoms with van der Waals surface area (Å²) in [5.74, 6) is -0.116. The molecule has 7 nitrogen and oxygen atoms in total. The highest BCUT2D eigenvalue weighted by Crippen LogP contribution is 2.36. The van der Waals surface area contributed by atoms with E-state index in [2.05, 4.69) is 42.2 Å². The molecule has 2 rings (SSSR count). The van der Waals surface area contributed by atoms with Gasteiger partial charge in [0, 0.05) is 24.6 Å². The van der Waals surface area contributed by atoms with E-state index >= 15 is 0 Å². The lowest BCUT2D eigenvalue weighted by molar-refractivity contribution is -0.137. The molecule has 1 heterocycles. The maximum atomic E-state index is 12.0. The van der Waals surface area contributed by atoms with E-state index in [1.807, 2.05) is 30.3 Å². The van der Waals surface area contributed by atoms with Crippen LogP contribution < -0.4 is 16.2 Å². The monoisotopic (exact) mass is 403 g/mol. The molecule has 160 valence electrons. The second-order valence-electron chi connectivity index (χ2n) is 7.43. The number of allylic oxidation sites excluding steroid dienone is 2. The maximum absolute atomic E-state index is 12.0. The van der Waals surface area contributed by atoms with Crippen molar-refractivity contribution in [2.24, 2.45) is 11.8 Å². The number of hydrogen-bond donors (Lipinski definition) is 4. The van der Waals surface area contributed by atoms with Crippen LogP contribution in [0.15, 0.2) is 42.5 Å². The van der Waals surface area contributed by atoms with E-state index in [-0.39, 0.29) is 30.6 Å². The van der Waals surface area contributed by atoms with Crippen molar-refractivity contribution in [2.75, 3.05) is 11.9 Å². The van der Waals surface area contributed by atoms with Gasteiger partial charge >= 0.3 is 12.0 Å². The Bertz CT molecular complexity index is 665. The number of rotatable bonds is 11. The van der Waals surface area contributed by atoms with Gasteiger partial charge in [0.1, 0.15) is 0 Å². The number of unbranched alkanes of at least 4 members (excludes halogenated alkanes) is 1. The predicted octanol–water partition coefficient (Wildman–Crippen LogP) is 3.94. The third kappa shape index (κ3) is 7.87. The largest absolute Gasteiger partial charge is 0.481 e. The van der Waals surface area contributed by atoms with Gasteiger partial charge in [0.2, 0.25) is 0 Å². The normalized spacial score (nSPS) is 23.9. The standard InChI is InChI=1S/C22H33N3O4/c1-3-20-18(13-9-4-5-10-14-21(26)27)19(16(2)29-20)15-23-25-22(28)24-17-11-7-6-8-12-17/h4,6-9,11-12,16,18-20,23H,3,5,10,13-15H2,1-2H3,(H,26,27)(H2,24,25,28)/b9-4-/t16-,18?,19?,20+/m0/s1. The average Bonchev–Trinajstić information content (AvgIpc) is 3.00. The van der Waals surface area contributed by atoms with Gasteiger partial charge in [0.15, 0.2) is 0 Å². The maximum Gasteiger partial charge on any atom is 0.333 e. The summed E-state index contributed by atoms with van der Waals surface area (Å²) in [7, 11) is 0. The topological polar surface area (TPSA) is 99.7 Å². The van der Waals surface area contributed by atoms with Crippen LogP contribution in [0.3, 0.4) is 0 Å². The summed E-state index contributed by atoms with van der Waals surface area (Å²) in [5.41, 5.74) is 6.48. The summed E-state index contributed by atoms with van der Waals surface area (Å²) in [6.45, 7) is 4.83. The molecule has 1 aromatic rings. The molecule has 0 radical (unpaired) electrons. The quantitative estimate of drug-likeness (QED) is 0.255. The molecule has 0 aliphatic carbocycles. The molecule has 7 heteroatoms. The molecule has 0 bridgehead atoms. The second kappa shape index (κ2) is 12.2. The smallest absolute Gasteiger partial charge is 0.333 e. The summed E-state index contributed by atoms with van der Waals surface area (Å²) in [6, 6.07) is 8.99. The van der Waals surface area contributed by atoms with E-state index in [1.165, 1.54) is 0 Å². The first kappa shape index (κ1) is 22.9. The summed E-state index contributed by atoms with van der Waals surface area (Å²) in [6.07, 6.45) is 7.97. The third-order valence-corrected chi connectivity index (χ3v) is 5.33. The Labute approximate surface area is 172 Å². The molecular weight excluding hydrogens is 370 g/mol. The van der Waals surface area contributed by atoms with Crippen LogP contribution >= 0.6 is 0 Å². The van der Waals surface area contributed by atoms with Crippen molar-refractivity contribution in [3.63, 3.8) is 0 Å². The molecule has 1 aliphatic heterocycles. The first-order valence-corrected chi connectivity index (χ1v) is 10.4. The number of hydrogen-bond acceptors (Lipinski definition) is 4. The number of carbonyl (C=O) groups excluding carboxylic acids is 1. The number of hydrazine groups is 1. The van der Waals surface area contributed by atoms with Crippen molar-refractivity contribution in [3.05, 3.63) is 42.5 Å². The molecule has 0 aromatic heterocycles. The number of carboxylic acid groups (broad SMARTS) is 1. The summed E-state index contributed by atoms with van der Waals surface area (Å²) in [5, 5.41) is 11.5. The Balaban J connectivity index is 1.78. The van der Waals surface area contributed by atoms with Gasteiger partial charge in [-0.3, -0.25) is 10.2 Å². The van der Waals surface area contributed by atoms with Crippen LogP contribution in [0.5, 0.6) is 0 Å². The predicted molar refractivity (Wildman–Crippen MR) is 113 cm³/mol. The van der Waals surface area contributed by atoms with E-state index in [9.17, 15) is 9.59 Å². The van der Waals surface area contributed by atoms with Gasteiger partial charge in [-0.25, -0.2) is 10.2 Å². The zero-order valence-electron chi connectivity index (χ0n) is 17.3. The van der Waals surface area contributed by atoms with Gasteiger partial charge in [0.05, 0.1) is 12.2 Å². The number of carboxylic acids is 1. The first-order valence-electron chi connectivity index (χ1n) is 10.4. The van der Waals surface area contributed by atoms with Gasteiger partial charge in [0.25, 0.3) is 0 Å². The van der Waals surface area contributed by atoms with E-state index in [4.69, 9.17) is 9.84 Å². The molecule has 1 aliphatic rings. The number of aliphatic carboxylic acids is 1. The highest BCUT2D eigenvalue weighted by atomic mass is 16.5. The Morgan fingerprint density at radius 3 is 2.62 bits per heavy atom. The summed E-state index contributed by atoms with van der Waals surface area (Å²) >= 11 is 0. The number of anilines is 1. The minimum absolute atomic E-state index is 0.108. The van der Waals surface area contributed by atoms with Crippen molar-refractivity contribution in [1.82, 2.24) is 10.9 Å². The number of para-hydroxylation sites is 1. The van der Waals surface area contributed by atoms with Gasteiger partial charge in [-0.15, -0.1) is 0 Å². The molecule has 1 saturated heterocycles. The molecule has 1 aromatic carbocycles. The van der Waals surface area contributed by atoms with Crippen molar-refractivity contribution >= 4 is 17.7 Å². The molecular formula is C22H33N3O4. The zero-order valence-corrected chi connectivity index (χ0v) is 17.3. The second-order valence-corrected chi connectivity index (χ2v) is 7.43. The van der Waals surface area contributed by atoms with Crippen LogP contribution in [-0.4, -0.2) is 35.9 Å². The fraction of sp³-hybridized carbons (Fsp3) is 0.545. The number of amides is 2. The number of nitrogens with one attached hydrogen (secondary N) is 3. The molecule has 4 N–H and O–H groups in total. The first-order chi connectivity index (χ1) is 14.0. The zero-order chi connectivity index (χ0) is 21.1. The van der Waals surface area contributed by atoms with Crippen LogP contribution in [0.25, 0.3) is 0 Å². The lowest BCUT2D eigenvalue weighted by atomic mass is 9.84. The number of ether oxygens (including phenoxy) is 1. The summed E-state index contributed by atoms with van der Waals surface area (Å²) in [4.78, 5) is 22.6.